The Morgan fingerprint density at radius 1 is 0.333 bits per heavy atom. The molecule has 0 unspecified atom stereocenters. The van der Waals surface area contributed by atoms with Gasteiger partial charge < -0.3 is 0 Å². The van der Waals surface area contributed by atoms with Crippen LogP contribution in [0.2, 0.25) is 0 Å². The van der Waals surface area contributed by atoms with Gasteiger partial charge in [-0.05, 0) is 51.4 Å². The Bertz CT molecular complexity index is 640. The number of Topliss-reactive ketones (excluding diaryl/α,β-unsaturated/α-hetero) is 4. The number of carbonyl (C=O) groups excluding carboxylic acids is 4. The van der Waals surface area contributed by atoms with Crippen LogP contribution in [0.4, 0.5) is 0 Å². The summed E-state index contributed by atoms with van der Waals surface area (Å²) in [4.78, 5) is 48.8. The molecule has 0 saturated heterocycles. The quantitative estimate of drug-likeness (QED) is 0.388. The van der Waals surface area contributed by atoms with E-state index in [0.717, 1.165) is 51.4 Å². The summed E-state index contributed by atoms with van der Waals surface area (Å²) in [5.41, 5.74) is -0.978. The number of ketones is 4. The van der Waals surface area contributed by atoms with Gasteiger partial charge in [0.05, 0.1) is 0 Å². The van der Waals surface area contributed by atoms with Gasteiger partial charge in [0.2, 0.25) is 0 Å². The predicted octanol–water partition coefficient (Wildman–Crippen LogP) is 8.05. The van der Waals surface area contributed by atoms with Crippen LogP contribution in [-0.4, -0.2) is 23.1 Å². The van der Waals surface area contributed by atoms with Gasteiger partial charge in [0, 0.05) is 45.3 Å². The first-order valence-corrected chi connectivity index (χ1v) is 14.2. The average molecular weight is 505 g/mol. The Morgan fingerprint density at radius 2 is 0.444 bits per heavy atom. The van der Waals surface area contributed by atoms with Crippen LogP contribution in [0.3, 0.4) is 0 Å². The Labute approximate surface area is 222 Å². The normalized spacial score (nSPS) is 25.9. The SMILES string of the molecule is CC(C)(C)C(=O)C1CCC(C(=O)C(C)(C)C)CC1.CC(C)(C)C(=O)C1CCC(C(=O)C(C)(C)C)CC1. The van der Waals surface area contributed by atoms with Crippen molar-refractivity contribution in [2.75, 3.05) is 0 Å². The summed E-state index contributed by atoms with van der Waals surface area (Å²) >= 11 is 0. The van der Waals surface area contributed by atoms with E-state index < -0.39 is 0 Å². The van der Waals surface area contributed by atoms with Gasteiger partial charge in [0.1, 0.15) is 23.1 Å². The van der Waals surface area contributed by atoms with Crippen molar-refractivity contribution in [3.05, 3.63) is 0 Å². The van der Waals surface area contributed by atoms with E-state index in [0.29, 0.717) is 23.1 Å². The van der Waals surface area contributed by atoms with Gasteiger partial charge >= 0.3 is 0 Å². The van der Waals surface area contributed by atoms with Gasteiger partial charge in [0.15, 0.2) is 0 Å². The van der Waals surface area contributed by atoms with Crippen molar-refractivity contribution in [1.82, 2.24) is 0 Å². The lowest BCUT2D eigenvalue weighted by atomic mass is 9.70. The van der Waals surface area contributed by atoms with Crippen molar-refractivity contribution < 1.29 is 19.2 Å². The lowest BCUT2D eigenvalue weighted by Gasteiger charge is -2.33. The molecule has 0 heterocycles. The summed E-state index contributed by atoms with van der Waals surface area (Å²) in [6, 6.07) is 0. The monoisotopic (exact) mass is 504 g/mol. The molecule has 0 atom stereocenters. The van der Waals surface area contributed by atoms with Crippen molar-refractivity contribution >= 4 is 23.1 Å². The molecule has 208 valence electrons. The lowest BCUT2D eigenvalue weighted by Crippen LogP contribution is -2.35. The molecule has 0 radical (unpaired) electrons. The minimum absolute atomic E-state index is 0.175. The third kappa shape index (κ3) is 9.53. The summed E-state index contributed by atoms with van der Waals surface area (Å²) in [6.45, 7) is 23.9. The van der Waals surface area contributed by atoms with Gasteiger partial charge in [-0.2, -0.15) is 0 Å². The topological polar surface area (TPSA) is 68.3 Å². The Hall–Kier alpha value is -1.32. The van der Waals surface area contributed by atoms with E-state index in [4.69, 9.17) is 0 Å². The second-order valence-corrected chi connectivity index (χ2v) is 15.6. The highest BCUT2D eigenvalue weighted by Crippen LogP contribution is 2.38. The molecule has 0 aromatic heterocycles. The summed E-state index contributed by atoms with van der Waals surface area (Å²) in [5, 5.41) is 0. The highest BCUT2D eigenvalue weighted by Gasteiger charge is 2.38. The maximum Gasteiger partial charge on any atom is 0.141 e. The molecule has 2 saturated carbocycles. The second-order valence-electron chi connectivity index (χ2n) is 15.6. The first-order chi connectivity index (χ1) is 16.1. The fourth-order valence-electron chi connectivity index (χ4n) is 5.69. The number of hydrogen-bond acceptors (Lipinski definition) is 4. The Morgan fingerprint density at radius 3 is 0.528 bits per heavy atom. The summed E-state index contributed by atoms with van der Waals surface area (Å²) in [6.07, 6.45) is 7.13. The van der Waals surface area contributed by atoms with E-state index >= 15 is 0 Å². The molecule has 36 heavy (non-hydrogen) atoms. The first-order valence-electron chi connectivity index (χ1n) is 14.2. The van der Waals surface area contributed by atoms with Crippen LogP contribution in [0, 0.1) is 45.3 Å². The highest BCUT2D eigenvalue weighted by molar-refractivity contribution is 5.89. The molecule has 0 bridgehead atoms. The molecule has 0 aromatic rings. The third-order valence-corrected chi connectivity index (χ3v) is 7.89. The van der Waals surface area contributed by atoms with Crippen molar-refractivity contribution in [3.63, 3.8) is 0 Å². The summed E-state index contributed by atoms with van der Waals surface area (Å²) in [5.74, 6) is 2.16. The standard InChI is InChI=1S/2C16H28O2/c2*1-15(2,3)13(17)11-7-9-12(10-8-11)14(18)16(4,5)6/h2*11-12H,7-10H2,1-6H3. The summed E-state index contributed by atoms with van der Waals surface area (Å²) in [7, 11) is 0. The molecular formula is C32H56O4. The maximum absolute atomic E-state index is 12.2. The Kier molecular flexibility index (Phi) is 10.9. The zero-order valence-corrected chi connectivity index (χ0v) is 25.6. The fourth-order valence-corrected chi connectivity index (χ4v) is 5.69. The highest BCUT2D eigenvalue weighted by atomic mass is 16.1. The van der Waals surface area contributed by atoms with Gasteiger partial charge in [-0.1, -0.05) is 83.1 Å². The molecule has 0 N–H and O–H groups in total. The molecule has 0 aliphatic heterocycles. The molecule has 0 spiro atoms. The predicted molar refractivity (Wildman–Crippen MR) is 149 cm³/mol. The molecule has 2 fully saturated rings. The molecule has 2 rings (SSSR count). The molecule has 4 heteroatoms. The van der Waals surface area contributed by atoms with Crippen molar-refractivity contribution in [2.24, 2.45) is 45.3 Å². The molecule has 0 amide bonds. The van der Waals surface area contributed by atoms with E-state index in [9.17, 15) is 19.2 Å². The minimum Gasteiger partial charge on any atom is -0.299 e. The summed E-state index contributed by atoms with van der Waals surface area (Å²) < 4.78 is 0. The lowest BCUT2D eigenvalue weighted by molar-refractivity contribution is -0.136. The first kappa shape index (κ1) is 32.7. The van der Waals surface area contributed by atoms with E-state index in [-0.39, 0.29) is 45.3 Å². The van der Waals surface area contributed by atoms with Crippen LogP contribution in [0.25, 0.3) is 0 Å². The van der Waals surface area contributed by atoms with E-state index in [1.54, 1.807) is 0 Å². The van der Waals surface area contributed by atoms with Gasteiger partial charge in [-0.25, -0.2) is 0 Å². The molecule has 0 aromatic carbocycles. The van der Waals surface area contributed by atoms with Crippen LogP contribution in [0.5, 0.6) is 0 Å². The number of hydrogen-bond donors (Lipinski definition) is 0. The smallest absolute Gasteiger partial charge is 0.141 e. The zero-order valence-electron chi connectivity index (χ0n) is 25.6. The average Bonchev–Trinajstić information content (AvgIpc) is 2.75. The largest absolute Gasteiger partial charge is 0.299 e. The molecule has 2 aliphatic carbocycles. The van der Waals surface area contributed by atoms with Crippen molar-refractivity contribution in [1.29, 1.82) is 0 Å². The van der Waals surface area contributed by atoms with Gasteiger partial charge in [-0.15, -0.1) is 0 Å². The zero-order chi connectivity index (χ0) is 28.3. The van der Waals surface area contributed by atoms with Crippen LogP contribution >= 0.6 is 0 Å². The van der Waals surface area contributed by atoms with E-state index in [1.165, 1.54) is 0 Å². The van der Waals surface area contributed by atoms with Gasteiger partial charge in [0.25, 0.3) is 0 Å². The number of rotatable bonds is 4. The second kappa shape index (κ2) is 12.0. The third-order valence-electron chi connectivity index (χ3n) is 7.89. The van der Waals surface area contributed by atoms with Crippen LogP contribution in [0.15, 0.2) is 0 Å². The van der Waals surface area contributed by atoms with Crippen LogP contribution in [0.1, 0.15) is 134 Å². The van der Waals surface area contributed by atoms with E-state index in [1.807, 2.05) is 83.1 Å². The van der Waals surface area contributed by atoms with Gasteiger partial charge in [-0.3, -0.25) is 19.2 Å². The van der Waals surface area contributed by atoms with E-state index in [2.05, 4.69) is 0 Å². The van der Waals surface area contributed by atoms with Crippen LogP contribution < -0.4 is 0 Å². The minimum atomic E-state index is -0.245. The molecule has 4 nitrogen and oxygen atoms in total. The van der Waals surface area contributed by atoms with Crippen molar-refractivity contribution in [3.8, 4) is 0 Å². The molecular weight excluding hydrogens is 448 g/mol. The van der Waals surface area contributed by atoms with Crippen molar-refractivity contribution in [2.45, 2.75) is 134 Å². The Balaban J connectivity index is 0.000000360. The molecule has 2 aliphatic rings. The van der Waals surface area contributed by atoms with Crippen LogP contribution in [-0.2, 0) is 19.2 Å². The fraction of sp³-hybridized carbons (Fsp3) is 0.875. The number of carbonyl (C=O) groups is 4. The maximum atomic E-state index is 12.2.